The van der Waals surface area contributed by atoms with Crippen LogP contribution in [-0.4, -0.2) is 22.0 Å². The molecule has 0 radical (unpaired) electrons. The topological polar surface area (TPSA) is 66.5 Å². The molecule has 3 saturated carbocycles. The van der Waals surface area contributed by atoms with E-state index >= 15 is 0 Å². The van der Waals surface area contributed by atoms with Gasteiger partial charge in [-0.2, -0.15) is 0 Å². The van der Waals surface area contributed by atoms with Gasteiger partial charge < -0.3 is 15.9 Å². The van der Waals surface area contributed by atoms with E-state index in [-0.39, 0.29) is 11.3 Å². The predicted octanol–water partition coefficient (Wildman–Crippen LogP) is 0.0606. The van der Waals surface area contributed by atoms with E-state index in [2.05, 4.69) is 13.8 Å². The number of hydrogen-bond acceptors (Lipinski definition) is 3. The Balaban J connectivity index is 2.27. The molecular weight excluding hydrogens is 154 g/mol. The molecule has 0 saturated heterocycles. The summed E-state index contributed by atoms with van der Waals surface area (Å²) < 4.78 is 0. The van der Waals surface area contributed by atoms with Crippen molar-refractivity contribution >= 4 is 0 Å². The highest BCUT2D eigenvalue weighted by Crippen LogP contribution is 2.61. The van der Waals surface area contributed by atoms with Crippen molar-refractivity contribution in [1.29, 1.82) is 0 Å². The number of hydrogen-bond donors (Lipinski definition) is 3. The van der Waals surface area contributed by atoms with Crippen molar-refractivity contribution in [2.75, 3.05) is 0 Å². The Morgan fingerprint density at radius 2 is 1.92 bits per heavy atom. The monoisotopic (exact) mass is 171 g/mol. The van der Waals surface area contributed by atoms with Gasteiger partial charge in [-0.3, -0.25) is 0 Å². The van der Waals surface area contributed by atoms with E-state index in [1.165, 1.54) is 0 Å². The van der Waals surface area contributed by atoms with Gasteiger partial charge >= 0.3 is 0 Å². The van der Waals surface area contributed by atoms with Crippen molar-refractivity contribution in [3.05, 3.63) is 0 Å². The van der Waals surface area contributed by atoms with Crippen LogP contribution in [0, 0.1) is 17.3 Å². The first-order valence-electron chi connectivity index (χ1n) is 4.56. The van der Waals surface area contributed by atoms with Gasteiger partial charge in [-0.25, -0.2) is 0 Å². The molecule has 3 aliphatic carbocycles. The van der Waals surface area contributed by atoms with E-state index in [1.54, 1.807) is 0 Å². The molecule has 3 nitrogen and oxygen atoms in total. The fraction of sp³-hybridized carbons (Fsp3) is 1.00. The number of fused-ring (bicyclic) bond motifs is 2. The molecule has 0 spiro atoms. The van der Waals surface area contributed by atoms with Gasteiger partial charge in [0.1, 0.15) is 5.72 Å². The third kappa shape index (κ3) is 0.767. The molecule has 12 heavy (non-hydrogen) atoms. The van der Waals surface area contributed by atoms with E-state index in [4.69, 9.17) is 5.73 Å². The molecule has 0 amide bonds. The molecule has 70 valence electrons. The predicted molar refractivity (Wildman–Crippen MR) is 45.1 cm³/mol. The minimum atomic E-state index is -1.35. The average molecular weight is 171 g/mol. The molecule has 3 rings (SSSR count). The first kappa shape index (κ1) is 8.48. The van der Waals surface area contributed by atoms with Crippen LogP contribution in [0.25, 0.3) is 0 Å². The largest absolute Gasteiger partial charge is 0.389 e. The van der Waals surface area contributed by atoms with Gasteiger partial charge in [0.25, 0.3) is 0 Å². The summed E-state index contributed by atoms with van der Waals surface area (Å²) in [6.45, 7) is 4.24. The molecule has 0 aromatic heterocycles. The molecule has 4 N–H and O–H groups in total. The molecule has 3 fully saturated rings. The fourth-order valence-electron chi connectivity index (χ4n) is 2.89. The van der Waals surface area contributed by atoms with E-state index in [1.807, 2.05) is 0 Å². The number of aliphatic hydroxyl groups is 2. The van der Waals surface area contributed by atoms with Crippen LogP contribution in [0.2, 0.25) is 0 Å². The molecule has 0 aliphatic heterocycles. The first-order chi connectivity index (χ1) is 5.37. The molecule has 4 atom stereocenters. The highest BCUT2D eigenvalue weighted by atomic mass is 16.4. The number of nitrogens with two attached hydrogens (primary N) is 1. The summed E-state index contributed by atoms with van der Waals surface area (Å²) in [5, 5.41) is 19.3. The Labute approximate surface area is 72.6 Å². The molecule has 4 unspecified atom stereocenters. The lowest BCUT2D eigenvalue weighted by Gasteiger charge is -2.63. The van der Waals surface area contributed by atoms with Crippen molar-refractivity contribution in [2.24, 2.45) is 23.0 Å². The van der Waals surface area contributed by atoms with Crippen LogP contribution in [0.1, 0.15) is 26.7 Å². The van der Waals surface area contributed by atoms with Crippen molar-refractivity contribution in [3.8, 4) is 0 Å². The van der Waals surface area contributed by atoms with Gasteiger partial charge in [0.2, 0.25) is 0 Å². The Kier molecular flexibility index (Phi) is 1.43. The smallest absolute Gasteiger partial charge is 0.143 e. The minimum absolute atomic E-state index is 0.0683. The van der Waals surface area contributed by atoms with Crippen LogP contribution in [0.15, 0.2) is 0 Å². The summed E-state index contributed by atoms with van der Waals surface area (Å²) in [5.74, 6) is 0.611. The fourth-order valence-corrected chi connectivity index (χ4v) is 2.89. The van der Waals surface area contributed by atoms with Gasteiger partial charge in [-0.05, 0) is 24.2 Å². The van der Waals surface area contributed by atoms with Crippen LogP contribution >= 0.6 is 0 Å². The zero-order valence-corrected chi connectivity index (χ0v) is 7.62. The number of rotatable bonds is 0. The maximum Gasteiger partial charge on any atom is 0.143 e. The second-order valence-corrected chi connectivity index (χ2v) is 4.95. The zero-order valence-electron chi connectivity index (χ0n) is 7.62. The summed E-state index contributed by atoms with van der Waals surface area (Å²) in [7, 11) is 0. The van der Waals surface area contributed by atoms with Crippen molar-refractivity contribution in [1.82, 2.24) is 0 Å². The highest BCUT2D eigenvalue weighted by Gasteiger charge is 2.63. The number of aliphatic hydroxyl groups excluding tert-OH is 1. The van der Waals surface area contributed by atoms with Crippen molar-refractivity contribution in [2.45, 2.75) is 38.5 Å². The molecule has 0 aromatic rings. The van der Waals surface area contributed by atoms with Gasteiger partial charge in [0.15, 0.2) is 0 Å². The lowest BCUT2D eigenvalue weighted by molar-refractivity contribution is -0.250. The molecule has 0 aromatic carbocycles. The van der Waals surface area contributed by atoms with Gasteiger partial charge in [0, 0.05) is 5.92 Å². The summed E-state index contributed by atoms with van der Waals surface area (Å²) >= 11 is 0. The van der Waals surface area contributed by atoms with Crippen LogP contribution in [0.4, 0.5) is 0 Å². The van der Waals surface area contributed by atoms with Gasteiger partial charge in [-0.15, -0.1) is 0 Å². The van der Waals surface area contributed by atoms with Crippen LogP contribution in [-0.2, 0) is 0 Å². The Morgan fingerprint density at radius 3 is 2.25 bits per heavy atom. The average Bonchev–Trinajstić information content (AvgIpc) is 1.93. The van der Waals surface area contributed by atoms with E-state index < -0.39 is 11.8 Å². The van der Waals surface area contributed by atoms with Crippen LogP contribution in [0.5, 0.6) is 0 Å². The summed E-state index contributed by atoms with van der Waals surface area (Å²) in [6.07, 6.45) is 0.891. The first-order valence-corrected chi connectivity index (χ1v) is 4.56. The quantitative estimate of drug-likeness (QED) is 0.451. The SMILES string of the molecule is CC1(C)C2CC(O)C(N)(O)C1C2. The van der Waals surface area contributed by atoms with Crippen molar-refractivity contribution in [3.63, 3.8) is 0 Å². The summed E-state index contributed by atoms with van der Waals surface area (Å²) in [5.41, 5.74) is 4.45. The second kappa shape index (κ2) is 2.03. The zero-order chi connectivity index (χ0) is 9.15. The maximum atomic E-state index is 9.81. The maximum absolute atomic E-state index is 9.81. The third-order valence-electron chi connectivity index (χ3n) is 4.07. The molecule has 3 heteroatoms. The lowest BCUT2D eigenvalue weighted by atomic mass is 9.45. The standard InChI is InChI=1S/C9H17NO2/c1-8(2)5-3-6(8)9(10,12)7(11)4-5/h5-7,11-12H,3-4,10H2,1-2H3. The van der Waals surface area contributed by atoms with Gasteiger partial charge in [0.05, 0.1) is 6.10 Å². The highest BCUT2D eigenvalue weighted by molar-refractivity contribution is 5.11. The normalized spacial score (nSPS) is 56.2. The Hall–Kier alpha value is -0.120. The Morgan fingerprint density at radius 1 is 1.33 bits per heavy atom. The van der Waals surface area contributed by atoms with Crippen molar-refractivity contribution < 1.29 is 10.2 Å². The van der Waals surface area contributed by atoms with E-state index in [0.717, 1.165) is 6.42 Å². The Bertz CT molecular complexity index is 213. The van der Waals surface area contributed by atoms with Crippen LogP contribution < -0.4 is 5.73 Å². The third-order valence-corrected chi connectivity index (χ3v) is 4.07. The summed E-state index contributed by atoms with van der Waals surface area (Å²) in [6, 6.07) is 0. The summed E-state index contributed by atoms with van der Waals surface area (Å²) in [4.78, 5) is 0. The van der Waals surface area contributed by atoms with Crippen LogP contribution in [0.3, 0.4) is 0 Å². The molecule has 2 bridgehead atoms. The van der Waals surface area contributed by atoms with Gasteiger partial charge in [-0.1, -0.05) is 13.8 Å². The molecular formula is C9H17NO2. The molecule has 3 aliphatic rings. The minimum Gasteiger partial charge on any atom is -0.389 e. The van der Waals surface area contributed by atoms with E-state index in [9.17, 15) is 10.2 Å². The van der Waals surface area contributed by atoms with E-state index in [0.29, 0.717) is 12.3 Å². The second-order valence-electron chi connectivity index (χ2n) is 4.95. The lowest BCUT2D eigenvalue weighted by Crippen LogP contribution is -2.71. The molecule has 0 heterocycles.